The van der Waals surface area contributed by atoms with E-state index in [1.54, 1.807) is 4.68 Å². The minimum atomic E-state index is -0.0620. The van der Waals surface area contributed by atoms with Crippen LogP contribution < -0.4 is 10.2 Å². The maximum Gasteiger partial charge on any atom is 0.272 e. The van der Waals surface area contributed by atoms with Crippen molar-refractivity contribution in [2.24, 2.45) is 18.9 Å². The number of likely N-dealkylation sites (tertiary alicyclic amines) is 1. The largest absolute Gasteiger partial charge is 0.357 e. The second kappa shape index (κ2) is 10.00. The molecule has 2 atom stereocenters. The van der Waals surface area contributed by atoms with Gasteiger partial charge in [-0.2, -0.15) is 5.10 Å². The highest BCUT2D eigenvalue weighted by Gasteiger charge is 2.28. The molecular weight excluding hydrogens is 412 g/mol. The Labute approximate surface area is 197 Å². The van der Waals surface area contributed by atoms with Gasteiger partial charge < -0.3 is 15.1 Å². The predicted octanol–water partition coefficient (Wildman–Crippen LogP) is 3.98. The summed E-state index contributed by atoms with van der Waals surface area (Å²) in [7, 11) is 1.89. The highest BCUT2D eigenvalue weighted by Crippen LogP contribution is 2.31. The highest BCUT2D eigenvalue weighted by atomic mass is 16.2. The van der Waals surface area contributed by atoms with Crippen molar-refractivity contribution in [2.45, 2.75) is 70.8 Å². The summed E-state index contributed by atoms with van der Waals surface area (Å²) in [5.41, 5.74) is 1.30. The molecule has 2 unspecified atom stereocenters. The van der Waals surface area contributed by atoms with Crippen molar-refractivity contribution >= 4 is 22.8 Å². The topological polar surface area (TPSA) is 66.3 Å². The molecule has 3 aliphatic rings. The lowest BCUT2D eigenvalue weighted by molar-refractivity contribution is 0.0901. The summed E-state index contributed by atoms with van der Waals surface area (Å²) >= 11 is 0. The summed E-state index contributed by atoms with van der Waals surface area (Å²) in [5, 5.41) is 8.68. The molecule has 0 bridgehead atoms. The van der Waals surface area contributed by atoms with Gasteiger partial charge in [0.15, 0.2) is 11.3 Å². The molecule has 0 aromatic carbocycles. The first-order valence-electron chi connectivity index (χ1n) is 13.2. The second-order valence-electron chi connectivity index (χ2n) is 10.7. The standard InChI is InChI=1S/C26H40N6O/c1-19-7-8-20(17-19)18-31-15-11-21(12-16-31)27-26(33)24-22-9-10-23(28-25(22)30(2)29-24)32-13-5-3-4-6-14-32/h9-10,19-21H,3-8,11-18H2,1-2H3,(H,27,33). The van der Waals surface area contributed by atoms with Crippen LogP contribution in [-0.4, -0.2) is 64.3 Å². The average Bonchev–Trinajstić information content (AvgIpc) is 3.25. The van der Waals surface area contributed by atoms with Crippen LogP contribution in [0.3, 0.4) is 0 Å². The van der Waals surface area contributed by atoms with Gasteiger partial charge >= 0.3 is 0 Å². The molecule has 1 amide bonds. The van der Waals surface area contributed by atoms with Crippen LogP contribution in [0.15, 0.2) is 12.1 Å². The van der Waals surface area contributed by atoms with Gasteiger partial charge in [0.05, 0.1) is 5.39 Å². The Morgan fingerprint density at radius 2 is 1.79 bits per heavy atom. The first-order chi connectivity index (χ1) is 16.1. The summed E-state index contributed by atoms with van der Waals surface area (Å²) in [6, 6.07) is 4.34. The van der Waals surface area contributed by atoms with Gasteiger partial charge in [-0.05, 0) is 62.5 Å². The normalized spacial score (nSPS) is 25.5. The highest BCUT2D eigenvalue weighted by molar-refractivity contribution is 6.04. The number of hydrogen-bond donors (Lipinski definition) is 1. The van der Waals surface area contributed by atoms with Crippen molar-refractivity contribution in [1.82, 2.24) is 25.0 Å². The number of hydrogen-bond acceptors (Lipinski definition) is 5. The van der Waals surface area contributed by atoms with Gasteiger partial charge in [0, 0.05) is 45.8 Å². The molecular formula is C26H40N6O. The Bertz CT molecular complexity index is 955. The van der Waals surface area contributed by atoms with E-state index in [1.165, 1.54) is 51.5 Å². The minimum Gasteiger partial charge on any atom is -0.357 e. The summed E-state index contributed by atoms with van der Waals surface area (Å²) in [5.74, 6) is 2.71. The van der Waals surface area contributed by atoms with E-state index in [0.717, 1.165) is 67.7 Å². The third-order valence-electron chi connectivity index (χ3n) is 8.06. The summed E-state index contributed by atoms with van der Waals surface area (Å²) in [6.45, 7) is 7.90. The van der Waals surface area contributed by atoms with Gasteiger partial charge in [-0.1, -0.05) is 26.2 Å². The van der Waals surface area contributed by atoms with E-state index in [2.05, 4.69) is 33.2 Å². The predicted molar refractivity (Wildman–Crippen MR) is 133 cm³/mol. The number of amides is 1. The van der Waals surface area contributed by atoms with Crippen LogP contribution in [-0.2, 0) is 7.05 Å². The molecule has 3 fully saturated rings. The van der Waals surface area contributed by atoms with E-state index in [-0.39, 0.29) is 11.9 Å². The lowest BCUT2D eigenvalue weighted by Gasteiger charge is -2.33. The fourth-order valence-electron chi connectivity index (χ4n) is 6.13. The van der Waals surface area contributed by atoms with Crippen LogP contribution >= 0.6 is 0 Å². The summed E-state index contributed by atoms with van der Waals surface area (Å²) in [4.78, 5) is 23.0. The van der Waals surface area contributed by atoms with Gasteiger partial charge in [-0.25, -0.2) is 9.67 Å². The van der Waals surface area contributed by atoms with Gasteiger partial charge in [0.2, 0.25) is 0 Å². The number of aromatic nitrogens is 3. The lowest BCUT2D eigenvalue weighted by atomic mass is 10.0. The third kappa shape index (κ3) is 5.18. The van der Waals surface area contributed by atoms with Crippen molar-refractivity contribution < 1.29 is 4.79 Å². The third-order valence-corrected chi connectivity index (χ3v) is 8.06. The zero-order valence-electron chi connectivity index (χ0n) is 20.4. The number of fused-ring (bicyclic) bond motifs is 1. The molecule has 2 aromatic heterocycles. The maximum absolute atomic E-state index is 13.1. The monoisotopic (exact) mass is 452 g/mol. The quantitative estimate of drug-likeness (QED) is 0.743. The number of anilines is 1. The first kappa shape index (κ1) is 22.6. The van der Waals surface area contributed by atoms with E-state index in [0.29, 0.717) is 5.69 Å². The molecule has 2 aromatic rings. The zero-order chi connectivity index (χ0) is 22.8. The summed E-state index contributed by atoms with van der Waals surface area (Å²) < 4.78 is 1.76. The van der Waals surface area contributed by atoms with E-state index >= 15 is 0 Å². The molecule has 7 nitrogen and oxygen atoms in total. The first-order valence-corrected chi connectivity index (χ1v) is 13.2. The zero-order valence-corrected chi connectivity index (χ0v) is 20.4. The number of carbonyl (C=O) groups is 1. The maximum atomic E-state index is 13.1. The minimum absolute atomic E-state index is 0.0620. The van der Waals surface area contributed by atoms with Gasteiger partial charge in [0.1, 0.15) is 5.82 Å². The molecule has 4 heterocycles. The molecule has 1 aliphatic carbocycles. The molecule has 2 aliphatic heterocycles. The van der Waals surface area contributed by atoms with Gasteiger partial charge in [0.25, 0.3) is 5.91 Å². The van der Waals surface area contributed by atoms with E-state index in [9.17, 15) is 4.79 Å². The van der Waals surface area contributed by atoms with Crippen LogP contribution in [0.1, 0.15) is 75.2 Å². The van der Waals surface area contributed by atoms with Crippen LogP contribution in [0.2, 0.25) is 0 Å². The van der Waals surface area contributed by atoms with Crippen LogP contribution in [0.4, 0.5) is 5.82 Å². The average molecular weight is 453 g/mol. The fourth-order valence-corrected chi connectivity index (χ4v) is 6.13. The van der Waals surface area contributed by atoms with E-state index in [1.807, 2.05) is 13.1 Å². The number of aryl methyl sites for hydroxylation is 1. The number of piperidine rings is 1. The molecule has 1 N–H and O–H groups in total. The Balaban J connectivity index is 1.20. The van der Waals surface area contributed by atoms with E-state index in [4.69, 9.17) is 4.98 Å². The van der Waals surface area contributed by atoms with E-state index < -0.39 is 0 Å². The van der Waals surface area contributed by atoms with Crippen molar-refractivity contribution in [2.75, 3.05) is 37.6 Å². The number of carbonyl (C=O) groups excluding carboxylic acids is 1. The smallest absolute Gasteiger partial charge is 0.272 e. The Kier molecular flexibility index (Phi) is 6.86. The molecule has 5 rings (SSSR count). The fraction of sp³-hybridized carbons (Fsp3) is 0.731. The van der Waals surface area contributed by atoms with Crippen molar-refractivity contribution in [1.29, 1.82) is 0 Å². The SMILES string of the molecule is CC1CCC(CN2CCC(NC(=O)c3nn(C)c4nc(N5CCCCCC5)ccc34)CC2)C1. The van der Waals surface area contributed by atoms with Crippen LogP contribution in [0.5, 0.6) is 0 Å². The van der Waals surface area contributed by atoms with Gasteiger partial charge in [-0.15, -0.1) is 0 Å². The Morgan fingerprint density at radius 1 is 1.03 bits per heavy atom. The number of nitrogens with one attached hydrogen (secondary N) is 1. The molecule has 0 radical (unpaired) electrons. The number of pyridine rings is 1. The lowest BCUT2D eigenvalue weighted by Crippen LogP contribution is -2.45. The number of nitrogens with zero attached hydrogens (tertiary/aromatic N) is 5. The van der Waals surface area contributed by atoms with Crippen LogP contribution in [0, 0.1) is 11.8 Å². The molecule has 7 heteroatoms. The van der Waals surface area contributed by atoms with Crippen molar-refractivity contribution in [3.05, 3.63) is 17.8 Å². The molecule has 33 heavy (non-hydrogen) atoms. The van der Waals surface area contributed by atoms with Crippen molar-refractivity contribution in [3.63, 3.8) is 0 Å². The second-order valence-corrected chi connectivity index (χ2v) is 10.7. The molecule has 1 saturated carbocycles. The number of rotatable bonds is 5. The molecule has 2 saturated heterocycles. The Hall–Kier alpha value is -2.15. The van der Waals surface area contributed by atoms with Crippen LogP contribution in [0.25, 0.3) is 11.0 Å². The van der Waals surface area contributed by atoms with Crippen molar-refractivity contribution in [3.8, 4) is 0 Å². The molecule has 0 spiro atoms. The summed E-state index contributed by atoms with van der Waals surface area (Å²) in [6.07, 6.45) is 11.3. The Morgan fingerprint density at radius 3 is 2.48 bits per heavy atom. The van der Waals surface area contributed by atoms with Gasteiger partial charge in [-0.3, -0.25) is 4.79 Å². The molecule has 180 valence electrons.